The first kappa shape index (κ1) is 18.8. The smallest absolute Gasteiger partial charge is 0.375 e. The van der Waals surface area contributed by atoms with Gasteiger partial charge in [0, 0.05) is 26.7 Å². The molecule has 0 fully saturated rings. The van der Waals surface area contributed by atoms with Gasteiger partial charge in [0.1, 0.15) is 5.58 Å². The van der Waals surface area contributed by atoms with E-state index in [1.54, 1.807) is 37.3 Å². The average molecular weight is 430 g/mol. The van der Waals surface area contributed by atoms with Crippen LogP contribution in [-0.4, -0.2) is 24.3 Å². The molecule has 0 bridgehead atoms. The number of carbonyl (C=O) groups is 3. The molecule has 0 spiro atoms. The zero-order chi connectivity index (χ0) is 19.6. The number of ether oxygens (including phenoxy) is 1. The fraction of sp³-hybridized carbons (Fsp3) is 0.150. The molecule has 6 nitrogen and oxygen atoms in total. The molecule has 1 aromatic heterocycles. The lowest BCUT2D eigenvalue weighted by Crippen LogP contribution is -2.21. The third kappa shape index (κ3) is 4.25. The molecular formula is C20H16BrNO5. The standard InChI is InChI=1S/C20H16BrNO5/c1-11-16-9-14(21)6-7-17(16)27-19(11)20(25)26-10-18(24)22-15-5-3-4-13(8-15)12(2)23/h3-9H,10H2,1-2H3,(H,22,24). The van der Waals surface area contributed by atoms with Crippen LogP contribution in [0.3, 0.4) is 0 Å². The zero-order valence-electron chi connectivity index (χ0n) is 14.7. The van der Waals surface area contributed by atoms with E-state index in [2.05, 4.69) is 21.2 Å². The number of fused-ring (bicyclic) bond motifs is 1. The molecule has 1 N–H and O–H groups in total. The molecule has 0 aliphatic heterocycles. The number of hydrogen-bond donors (Lipinski definition) is 1. The highest BCUT2D eigenvalue weighted by molar-refractivity contribution is 9.10. The predicted molar refractivity (Wildman–Crippen MR) is 104 cm³/mol. The number of furan rings is 1. The molecule has 1 amide bonds. The van der Waals surface area contributed by atoms with Crippen molar-refractivity contribution in [3.63, 3.8) is 0 Å². The third-order valence-electron chi connectivity index (χ3n) is 3.97. The van der Waals surface area contributed by atoms with Gasteiger partial charge < -0.3 is 14.5 Å². The summed E-state index contributed by atoms with van der Waals surface area (Å²) in [4.78, 5) is 35.7. The molecule has 3 rings (SSSR count). The van der Waals surface area contributed by atoms with E-state index < -0.39 is 18.5 Å². The minimum Gasteiger partial charge on any atom is -0.450 e. The second-order valence-electron chi connectivity index (χ2n) is 5.96. The van der Waals surface area contributed by atoms with Gasteiger partial charge >= 0.3 is 5.97 Å². The highest BCUT2D eigenvalue weighted by Crippen LogP contribution is 2.28. The largest absolute Gasteiger partial charge is 0.450 e. The van der Waals surface area contributed by atoms with Crippen LogP contribution in [0, 0.1) is 6.92 Å². The lowest BCUT2D eigenvalue weighted by Gasteiger charge is -2.07. The Balaban J connectivity index is 1.65. The summed E-state index contributed by atoms with van der Waals surface area (Å²) in [5, 5.41) is 3.38. The van der Waals surface area contributed by atoms with Gasteiger partial charge in [-0.3, -0.25) is 9.59 Å². The maximum absolute atomic E-state index is 12.3. The fourth-order valence-corrected chi connectivity index (χ4v) is 2.96. The molecule has 0 radical (unpaired) electrons. The summed E-state index contributed by atoms with van der Waals surface area (Å²) in [6, 6.07) is 11.9. The first-order chi connectivity index (χ1) is 12.8. The zero-order valence-corrected chi connectivity index (χ0v) is 16.3. The van der Waals surface area contributed by atoms with Crippen molar-refractivity contribution in [2.24, 2.45) is 0 Å². The van der Waals surface area contributed by atoms with Crippen molar-refractivity contribution in [2.45, 2.75) is 13.8 Å². The number of ketones is 1. The lowest BCUT2D eigenvalue weighted by atomic mass is 10.1. The summed E-state index contributed by atoms with van der Waals surface area (Å²) in [6.07, 6.45) is 0. The van der Waals surface area contributed by atoms with Crippen LogP contribution < -0.4 is 5.32 Å². The number of aryl methyl sites for hydroxylation is 1. The van der Waals surface area contributed by atoms with E-state index in [0.29, 0.717) is 22.4 Å². The number of nitrogens with one attached hydrogen (secondary N) is 1. The van der Waals surface area contributed by atoms with Gasteiger partial charge in [-0.1, -0.05) is 28.1 Å². The second-order valence-corrected chi connectivity index (χ2v) is 6.87. The quantitative estimate of drug-likeness (QED) is 0.476. The Morgan fingerprint density at radius 1 is 1.15 bits per heavy atom. The number of carbonyl (C=O) groups excluding carboxylic acids is 3. The van der Waals surface area contributed by atoms with Crippen LogP contribution in [-0.2, 0) is 9.53 Å². The van der Waals surface area contributed by atoms with Gasteiger partial charge in [-0.15, -0.1) is 0 Å². The van der Waals surface area contributed by atoms with Crippen molar-refractivity contribution < 1.29 is 23.5 Å². The van der Waals surface area contributed by atoms with Crippen LogP contribution >= 0.6 is 15.9 Å². The third-order valence-corrected chi connectivity index (χ3v) is 4.46. The highest BCUT2D eigenvalue weighted by Gasteiger charge is 2.20. The maximum atomic E-state index is 12.3. The molecule has 2 aromatic carbocycles. The van der Waals surface area contributed by atoms with E-state index in [9.17, 15) is 14.4 Å². The van der Waals surface area contributed by atoms with Crippen molar-refractivity contribution in [1.82, 2.24) is 0 Å². The molecule has 7 heteroatoms. The van der Waals surface area contributed by atoms with Crippen LogP contribution in [0.25, 0.3) is 11.0 Å². The molecule has 0 aliphatic carbocycles. The van der Waals surface area contributed by atoms with Crippen LogP contribution in [0.1, 0.15) is 33.4 Å². The number of hydrogen-bond acceptors (Lipinski definition) is 5. The molecule has 0 atom stereocenters. The van der Waals surface area contributed by atoms with Gasteiger partial charge in [-0.05, 0) is 44.2 Å². The van der Waals surface area contributed by atoms with Gasteiger partial charge in [0.05, 0.1) is 0 Å². The number of halogens is 1. The summed E-state index contributed by atoms with van der Waals surface area (Å²) < 4.78 is 11.5. The summed E-state index contributed by atoms with van der Waals surface area (Å²) in [5.41, 5.74) is 2.14. The summed E-state index contributed by atoms with van der Waals surface area (Å²) in [6.45, 7) is 2.72. The topological polar surface area (TPSA) is 85.6 Å². The SMILES string of the molecule is CC(=O)c1cccc(NC(=O)COC(=O)c2oc3ccc(Br)cc3c2C)c1. The van der Waals surface area contributed by atoms with Crippen molar-refractivity contribution in [3.8, 4) is 0 Å². The lowest BCUT2D eigenvalue weighted by molar-refractivity contribution is -0.119. The van der Waals surface area contributed by atoms with Crippen LogP contribution in [0.4, 0.5) is 5.69 Å². The summed E-state index contributed by atoms with van der Waals surface area (Å²) >= 11 is 3.38. The van der Waals surface area contributed by atoms with E-state index in [0.717, 1.165) is 9.86 Å². The molecule has 138 valence electrons. The van der Waals surface area contributed by atoms with E-state index in [1.807, 2.05) is 12.1 Å². The summed E-state index contributed by atoms with van der Waals surface area (Å²) in [7, 11) is 0. The Morgan fingerprint density at radius 2 is 1.93 bits per heavy atom. The first-order valence-electron chi connectivity index (χ1n) is 8.12. The Hall–Kier alpha value is -2.93. The van der Waals surface area contributed by atoms with Gasteiger partial charge in [0.15, 0.2) is 12.4 Å². The molecule has 1 heterocycles. The number of benzene rings is 2. The fourth-order valence-electron chi connectivity index (χ4n) is 2.60. The number of Topliss-reactive ketones (excluding diaryl/α,β-unsaturated/α-hetero) is 1. The van der Waals surface area contributed by atoms with Crippen molar-refractivity contribution >= 4 is 50.2 Å². The number of esters is 1. The number of anilines is 1. The Morgan fingerprint density at radius 3 is 2.67 bits per heavy atom. The van der Waals surface area contributed by atoms with E-state index >= 15 is 0 Å². The second kappa shape index (κ2) is 7.75. The molecule has 3 aromatic rings. The molecule has 0 aliphatic rings. The number of rotatable bonds is 5. The molecule has 27 heavy (non-hydrogen) atoms. The van der Waals surface area contributed by atoms with Gasteiger partial charge in [0.25, 0.3) is 5.91 Å². The van der Waals surface area contributed by atoms with Gasteiger partial charge in [-0.25, -0.2) is 4.79 Å². The Bertz CT molecular complexity index is 1050. The normalized spacial score (nSPS) is 10.6. The van der Waals surface area contributed by atoms with E-state index in [4.69, 9.17) is 9.15 Å². The Labute approximate surface area is 163 Å². The van der Waals surface area contributed by atoms with E-state index in [-0.39, 0.29) is 11.5 Å². The van der Waals surface area contributed by atoms with Crippen LogP contribution in [0.2, 0.25) is 0 Å². The number of amides is 1. The molecule has 0 saturated carbocycles. The molecular weight excluding hydrogens is 414 g/mol. The van der Waals surface area contributed by atoms with E-state index in [1.165, 1.54) is 6.92 Å². The van der Waals surface area contributed by atoms with Crippen LogP contribution in [0.5, 0.6) is 0 Å². The monoisotopic (exact) mass is 429 g/mol. The van der Waals surface area contributed by atoms with Crippen molar-refractivity contribution in [1.29, 1.82) is 0 Å². The highest BCUT2D eigenvalue weighted by atomic mass is 79.9. The molecule has 0 unspecified atom stereocenters. The maximum Gasteiger partial charge on any atom is 0.375 e. The minimum atomic E-state index is -0.715. The van der Waals surface area contributed by atoms with Gasteiger partial charge in [-0.2, -0.15) is 0 Å². The van der Waals surface area contributed by atoms with Gasteiger partial charge in [0.2, 0.25) is 5.76 Å². The molecule has 0 saturated heterocycles. The van der Waals surface area contributed by atoms with Crippen molar-refractivity contribution in [3.05, 3.63) is 63.8 Å². The van der Waals surface area contributed by atoms with Crippen molar-refractivity contribution in [2.75, 3.05) is 11.9 Å². The van der Waals surface area contributed by atoms with Crippen LogP contribution in [0.15, 0.2) is 51.4 Å². The first-order valence-corrected chi connectivity index (χ1v) is 8.91. The summed E-state index contributed by atoms with van der Waals surface area (Å²) in [5.74, 6) is -1.27. The minimum absolute atomic E-state index is 0.0643. The predicted octanol–water partition coefficient (Wildman–Crippen LogP) is 4.50. The Kier molecular flexibility index (Phi) is 5.41. The average Bonchev–Trinajstić information content (AvgIpc) is 2.96.